The van der Waals surface area contributed by atoms with Crippen LogP contribution in [0.15, 0.2) is 133 Å². The highest BCUT2D eigenvalue weighted by molar-refractivity contribution is 7.74. The molecule has 1 fully saturated rings. The van der Waals surface area contributed by atoms with Crippen LogP contribution in [-0.4, -0.2) is 16.3 Å². The first kappa shape index (κ1) is 27.7. The second kappa shape index (κ2) is 11.5. The van der Waals surface area contributed by atoms with Crippen LogP contribution in [0.3, 0.4) is 0 Å². The maximum absolute atomic E-state index is 11.4. The Morgan fingerprint density at radius 2 is 1.21 bits per heavy atom. The van der Waals surface area contributed by atoms with Crippen LogP contribution in [0, 0.1) is 5.92 Å². The molecule has 3 atom stereocenters. The molecule has 3 heteroatoms. The lowest BCUT2D eigenvalue weighted by Crippen LogP contribution is -2.42. The van der Waals surface area contributed by atoms with E-state index >= 15 is 0 Å². The van der Waals surface area contributed by atoms with E-state index in [0.717, 1.165) is 33.0 Å². The van der Waals surface area contributed by atoms with E-state index in [1.165, 1.54) is 35.3 Å². The van der Waals surface area contributed by atoms with Crippen molar-refractivity contribution in [1.82, 2.24) is 0 Å². The molecule has 0 bridgehead atoms. The van der Waals surface area contributed by atoms with Gasteiger partial charge in [0, 0.05) is 28.0 Å². The van der Waals surface area contributed by atoms with Gasteiger partial charge in [-0.2, -0.15) is 0 Å². The molecular formula is C40H38NOP. The second-order valence-electron chi connectivity index (χ2n) is 12.2. The molecule has 1 aliphatic rings. The van der Waals surface area contributed by atoms with Crippen LogP contribution in [0.1, 0.15) is 33.1 Å². The summed E-state index contributed by atoms with van der Waals surface area (Å²) in [6.45, 7) is 4.92. The van der Waals surface area contributed by atoms with E-state index in [2.05, 4.69) is 140 Å². The first-order chi connectivity index (χ1) is 21.0. The van der Waals surface area contributed by atoms with Gasteiger partial charge < -0.3 is 10.4 Å². The molecule has 0 spiro atoms. The average molecular weight is 580 g/mol. The van der Waals surface area contributed by atoms with E-state index in [9.17, 15) is 5.11 Å². The van der Waals surface area contributed by atoms with Crippen LogP contribution in [0.25, 0.3) is 32.7 Å². The number of fused-ring (bicyclic) bond motifs is 2. The van der Waals surface area contributed by atoms with E-state index in [-0.39, 0.29) is 11.2 Å². The number of anilines is 1. The topological polar surface area (TPSA) is 32.3 Å². The Kier molecular flexibility index (Phi) is 7.41. The number of nitrogens with one attached hydrogen (secondary N) is 1. The number of hydrogen-bond donors (Lipinski definition) is 2. The van der Waals surface area contributed by atoms with Crippen molar-refractivity contribution in [2.75, 3.05) is 5.32 Å². The highest BCUT2D eigenvalue weighted by Gasteiger charge is 2.48. The van der Waals surface area contributed by atoms with Gasteiger partial charge in [0.25, 0.3) is 0 Å². The zero-order valence-corrected chi connectivity index (χ0v) is 25.8. The molecule has 6 aromatic rings. The molecule has 0 aromatic heterocycles. The Morgan fingerprint density at radius 3 is 1.84 bits per heavy atom. The third-order valence-electron chi connectivity index (χ3n) is 9.61. The molecule has 2 nitrogen and oxygen atoms in total. The summed E-state index contributed by atoms with van der Waals surface area (Å²) in [5, 5.41) is 23.0. The summed E-state index contributed by atoms with van der Waals surface area (Å²) in [7, 11) is -0.569. The van der Waals surface area contributed by atoms with E-state index < -0.39 is 7.92 Å². The van der Waals surface area contributed by atoms with Crippen LogP contribution in [0.2, 0.25) is 0 Å². The van der Waals surface area contributed by atoms with Crippen LogP contribution < -0.4 is 15.9 Å². The SMILES string of the molecule is C[C@@H](Nc1ccc2ccccc2c1-c1c(O)ccc2ccccc12)[C@@H]1CCCC1(C)P(c1ccccc1)c1ccccc1. The second-order valence-corrected chi connectivity index (χ2v) is 14.9. The van der Waals surface area contributed by atoms with Crippen molar-refractivity contribution in [1.29, 1.82) is 0 Å². The number of phenolic OH excluding ortho intramolecular Hbond substituents is 1. The van der Waals surface area contributed by atoms with Crippen molar-refractivity contribution in [2.24, 2.45) is 5.92 Å². The van der Waals surface area contributed by atoms with Crippen LogP contribution in [0.5, 0.6) is 5.75 Å². The molecule has 6 aromatic carbocycles. The maximum atomic E-state index is 11.4. The van der Waals surface area contributed by atoms with Gasteiger partial charge in [0.1, 0.15) is 5.75 Å². The Labute approximate surface area is 256 Å². The highest BCUT2D eigenvalue weighted by Crippen LogP contribution is 2.60. The minimum atomic E-state index is -0.569. The van der Waals surface area contributed by atoms with Crippen molar-refractivity contribution in [3.8, 4) is 16.9 Å². The lowest BCUT2D eigenvalue weighted by Gasteiger charge is -2.43. The summed E-state index contributed by atoms with van der Waals surface area (Å²) in [5.41, 5.74) is 3.05. The largest absolute Gasteiger partial charge is 0.507 e. The third kappa shape index (κ3) is 4.98. The van der Waals surface area contributed by atoms with E-state index in [1.807, 2.05) is 12.1 Å². The van der Waals surface area contributed by atoms with Gasteiger partial charge in [-0.15, -0.1) is 0 Å². The van der Waals surface area contributed by atoms with Gasteiger partial charge in [-0.05, 0) is 77.9 Å². The van der Waals surface area contributed by atoms with Gasteiger partial charge in [0.2, 0.25) is 0 Å². The number of hydrogen-bond acceptors (Lipinski definition) is 2. The van der Waals surface area contributed by atoms with Gasteiger partial charge in [-0.3, -0.25) is 0 Å². The molecule has 1 unspecified atom stereocenters. The summed E-state index contributed by atoms with van der Waals surface area (Å²) in [4.78, 5) is 0. The van der Waals surface area contributed by atoms with Crippen molar-refractivity contribution >= 4 is 45.8 Å². The Morgan fingerprint density at radius 1 is 0.674 bits per heavy atom. The third-order valence-corrected chi connectivity index (χ3v) is 12.8. The smallest absolute Gasteiger partial charge is 0.124 e. The zero-order valence-electron chi connectivity index (χ0n) is 24.9. The fourth-order valence-corrected chi connectivity index (χ4v) is 11.1. The van der Waals surface area contributed by atoms with Crippen molar-refractivity contribution in [3.63, 3.8) is 0 Å². The lowest BCUT2D eigenvalue weighted by molar-refractivity contribution is 0.408. The molecule has 0 saturated heterocycles. The monoisotopic (exact) mass is 579 g/mol. The fourth-order valence-electron chi connectivity index (χ4n) is 7.67. The fraction of sp³-hybridized carbons (Fsp3) is 0.200. The average Bonchev–Trinajstić information content (AvgIpc) is 3.44. The molecule has 1 aliphatic carbocycles. The molecular weight excluding hydrogens is 541 g/mol. The van der Waals surface area contributed by atoms with E-state index in [4.69, 9.17) is 0 Å². The normalized spacial score (nSPS) is 19.2. The van der Waals surface area contributed by atoms with E-state index in [0.29, 0.717) is 11.7 Å². The molecule has 0 heterocycles. The van der Waals surface area contributed by atoms with Crippen LogP contribution in [-0.2, 0) is 0 Å². The summed E-state index contributed by atoms with van der Waals surface area (Å²) in [5.74, 6) is 0.799. The Bertz CT molecular complexity index is 1850. The van der Waals surface area contributed by atoms with Crippen molar-refractivity contribution in [3.05, 3.63) is 133 Å². The number of phenols is 1. The van der Waals surface area contributed by atoms with Gasteiger partial charge in [0.15, 0.2) is 0 Å². The Balaban J connectivity index is 1.34. The minimum absolute atomic E-state index is 0.142. The molecule has 43 heavy (non-hydrogen) atoms. The lowest BCUT2D eigenvalue weighted by atomic mass is 9.88. The molecule has 214 valence electrons. The van der Waals surface area contributed by atoms with Gasteiger partial charge in [-0.1, -0.05) is 135 Å². The van der Waals surface area contributed by atoms with E-state index in [1.54, 1.807) is 0 Å². The zero-order chi connectivity index (χ0) is 29.4. The standard InChI is InChI=1S/C40H38NOP/c1-28(35-22-13-27-40(35,2)43(31-16-5-3-6-17-31)32-18-7-4-8-19-32)41-36-25-23-29-14-9-11-20-33(29)38(36)39-34-21-12-10-15-30(34)24-26-37(39)42/h3-12,14-21,23-26,28,35,41-42H,13,22,27H2,1-2H3/t28-,35+,40?/m1/s1. The van der Waals surface area contributed by atoms with Crippen LogP contribution in [0.4, 0.5) is 5.69 Å². The van der Waals surface area contributed by atoms with Crippen molar-refractivity contribution < 1.29 is 5.11 Å². The summed E-state index contributed by atoms with van der Waals surface area (Å²) in [6.07, 6.45) is 3.65. The molecule has 0 amide bonds. The van der Waals surface area contributed by atoms with Crippen LogP contribution >= 0.6 is 7.92 Å². The summed E-state index contributed by atoms with van der Waals surface area (Å²) >= 11 is 0. The first-order valence-electron chi connectivity index (χ1n) is 15.4. The molecule has 1 saturated carbocycles. The number of rotatable bonds is 7. The molecule has 0 radical (unpaired) electrons. The predicted octanol–water partition coefficient (Wildman–Crippen LogP) is 9.86. The van der Waals surface area contributed by atoms with Gasteiger partial charge in [-0.25, -0.2) is 0 Å². The predicted molar refractivity (Wildman–Crippen MR) is 186 cm³/mol. The molecule has 7 rings (SSSR count). The number of benzene rings is 6. The minimum Gasteiger partial charge on any atom is -0.507 e. The van der Waals surface area contributed by atoms with Gasteiger partial charge >= 0.3 is 0 Å². The summed E-state index contributed by atoms with van der Waals surface area (Å²) in [6, 6.07) is 47.8. The Hall–Kier alpha value is -4.13. The highest BCUT2D eigenvalue weighted by atomic mass is 31.1. The van der Waals surface area contributed by atoms with Crippen molar-refractivity contribution in [2.45, 2.75) is 44.3 Å². The number of aromatic hydroxyl groups is 1. The summed E-state index contributed by atoms with van der Waals surface area (Å²) < 4.78 is 0. The van der Waals surface area contributed by atoms with Gasteiger partial charge in [0.05, 0.1) is 0 Å². The first-order valence-corrected chi connectivity index (χ1v) is 16.8. The molecule has 0 aliphatic heterocycles. The maximum Gasteiger partial charge on any atom is 0.124 e. The molecule has 2 N–H and O–H groups in total. The quantitative estimate of drug-likeness (QED) is 0.185.